The molecule has 1 aromatic rings. The Kier molecular flexibility index (Phi) is 8.97. The Morgan fingerprint density at radius 2 is 1.86 bits per heavy atom. The number of halogens is 2. The van der Waals surface area contributed by atoms with Gasteiger partial charge in [-0.15, -0.1) is 12.4 Å². The van der Waals surface area contributed by atoms with Crippen LogP contribution >= 0.6 is 12.4 Å². The lowest BCUT2D eigenvalue weighted by Crippen LogP contribution is -2.49. The first-order valence-corrected chi connectivity index (χ1v) is 6.93. The zero-order valence-electron chi connectivity index (χ0n) is 12.5. The van der Waals surface area contributed by atoms with Gasteiger partial charge in [-0.3, -0.25) is 4.79 Å². The minimum atomic E-state index is -0.340. The predicted octanol–water partition coefficient (Wildman–Crippen LogP) is 2.65. The first kappa shape index (κ1) is 19.7. The van der Waals surface area contributed by atoms with E-state index in [4.69, 9.17) is 10.5 Å². The van der Waals surface area contributed by atoms with Crippen molar-refractivity contribution in [2.24, 2.45) is 5.73 Å². The van der Waals surface area contributed by atoms with Gasteiger partial charge in [0, 0.05) is 12.1 Å². The van der Waals surface area contributed by atoms with Crippen molar-refractivity contribution in [2.75, 3.05) is 13.2 Å². The maximum absolute atomic E-state index is 12.7. The fraction of sp³-hybridized carbons (Fsp3) is 0.533. The molecule has 0 fully saturated rings. The lowest BCUT2D eigenvalue weighted by atomic mass is 9.94. The second-order valence-corrected chi connectivity index (χ2v) is 4.90. The molecule has 21 heavy (non-hydrogen) atoms. The number of amides is 1. The van der Waals surface area contributed by atoms with Gasteiger partial charge in [0.2, 0.25) is 5.91 Å². The van der Waals surface area contributed by atoms with Gasteiger partial charge in [-0.05, 0) is 37.1 Å². The number of hydrogen-bond acceptors (Lipinski definition) is 3. The summed E-state index contributed by atoms with van der Waals surface area (Å²) in [6, 6.07) is 5.71. The van der Waals surface area contributed by atoms with Crippen molar-refractivity contribution in [3.05, 3.63) is 30.1 Å². The molecule has 0 heterocycles. The highest BCUT2D eigenvalue weighted by Gasteiger charge is 2.20. The van der Waals surface area contributed by atoms with Crippen LogP contribution < -0.4 is 15.8 Å². The summed E-state index contributed by atoms with van der Waals surface area (Å²) in [5.74, 6) is 0.145. The zero-order valence-corrected chi connectivity index (χ0v) is 13.3. The molecule has 120 valence electrons. The highest BCUT2D eigenvalue weighted by Crippen LogP contribution is 2.11. The van der Waals surface area contributed by atoms with Gasteiger partial charge in [-0.1, -0.05) is 13.8 Å². The van der Waals surface area contributed by atoms with Crippen molar-refractivity contribution >= 4 is 18.3 Å². The average molecular weight is 319 g/mol. The molecule has 3 N–H and O–H groups in total. The van der Waals surface area contributed by atoms with Crippen LogP contribution in [0.25, 0.3) is 0 Å². The predicted molar refractivity (Wildman–Crippen MR) is 84.3 cm³/mol. The largest absolute Gasteiger partial charge is 0.493 e. The molecule has 0 radical (unpaired) electrons. The normalized spacial score (nSPS) is 10.7. The number of nitrogens with two attached hydrogens (primary N) is 1. The van der Waals surface area contributed by atoms with Gasteiger partial charge >= 0.3 is 0 Å². The number of ether oxygens (including phenoxy) is 1. The summed E-state index contributed by atoms with van der Waals surface area (Å²) in [6.07, 6.45) is 1.88. The molecular formula is C15H24ClFN2O2. The summed E-state index contributed by atoms with van der Waals surface area (Å²) in [7, 11) is 0. The van der Waals surface area contributed by atoms with Crippen LogP contribution in [0.1, 0.15) is 33.1 Å². The van der Waals surface area contributed by atoms with E-state index in [0.717, 1.165) is 12.8 Å². The van der Waals surface area contributed by atoms with Crippen LogP contribution in [0, 0.1) is 5.82 Å². The lowest BCUT2D eigenvalue weighted by Gasteiger charge is -2.26. The molecule has 0 aliphatic heterocycles. The number of hydrogen-bond donors (Lipinski definition) is 2. The van der Waals surface area contributed by atoms with Crippen LogP contribution in [0.3, 0.4) is 0 Å². The van der Waals surface area contributed by atoms with Crippen molar-refractivity contribution < 1.29 is 13.9 Å². The molecule has 4 nitrogen and oxygen atoms in total. The number of rotatable bonds is 8. The summed E-state index contributed by atoms with van der Waals surface area (Å²) >= 11 is 0. The molecule has 0 bridgehead atoms. The number of carbonyl (C=O) groups excluding carboxylic acids is 1. The molecular weight excluding hydrogens is 295 g/mol. The Labute approximate surface area is 131 Å². The average Bonchev–Trinajstić information content (AvgIpc) is 2.47. The zero-order chi connectivity index (χ0) is 15.0. The van der Waals surface area contributed by atoms with Gasteiger partial charge in [-0.25, -0.2) is 4.39 Å². The summed E-state index contributed by atoms with van der Waals surface area (Å²) < 4.78 is 18.0. The third kappa shape index (κ3) is 7.29. The third-order valence-electron chi connectivity index (χ3n) is 3.46. The van der Waals surface area contributed by atoms with E-state index in [2.05, 4.69) is 5.32 Å². The molecule has 0 spiro atoms. The summed E-state index contributed by atoms with van der Waals surface area (Å²) in [5.41, 5.74) is 5.76. The van der Waals surface area contributed by atoms with E-state index in [-0.39, 0.29) is 42.7 Å². The first-order valence-electron chi connectivity index (χ1n) is 6.93. The van der Waals surface area contributed by atoms with Crippen LogP contribution in [-0.2, 0) is 4.79 Å². The Hall–Kier alpha value is -1.33. The lowest BCUT2D eigenvalue weighted by molar-refractivity contribution is -0.121. The van der Waals surface area contributed by atoms with E-state index in [9.17, 15) is 9.18 Å². The highest BCUT2D eigenvalue weighted by atomic mass is 35.5. The highest BCUT2D eigenvalue weighted by molar-refractivity contribution is 5.85. The molecule has 0 aromatic heterocycles. The fourth-order valence-corrected chi connectivity index (χ4v) is 1.66. The molecule has 0 atom stereocenters. The fourth-order valence-electron chi connectivity index (χ4n) is 1.66. The van der Waals surface area contributed by atoms with Crippen LogP contribution in [-0.4, -0.2) is 24.6 Å². The Morgan fingerprint density at radius 1 is 1.29 bits per heavy atom. The van der Waals surface area contributed by atoms with Crippen LogP contribution in [0.4, 0.5) is 4.39 Å². The molecule has 0 saturated heterocycles. The van der Waals surface area contributed by atoms with Gasteiger partial charge in [0.25, 0.3) is 0 Å². The van der Waals surface area contributed by atoms with Crippen molar-refractivity contribution in [1.82, 2.24) is 5.32 Å². The van der Waals surface area contributed by atoms with Crippen LogP contribution in [0.15, 0.2) is 24.3 Å². The van der Waals surface area contributed by atoms with E-state index in [1.165, 1.54) is 24.3 Å². The van der Waals surface area contributed by atoms with E-state index in [1.807, 2.05) is 13.8 Å². The Bertz CT molecular complexity index is 422. The maximum Gasteiger partial charge on any atom is 0.223 e. The molecule has 1 rings (SSSR count). The Morgan fingerprint density at radius 3 is 2.38 bits per heavy atom. The quantitative estimate of drug-likeness (QED) is 0.774. The topological polar surface area (TPSA) is 64.3 Å². The van der Waals surface area contributed by atoms with Gasteiger partial charge in [0.1, 0.15) is 11.6 Å². The van der Waals surface area contributed by atoms with Crippen molar-refractivity contribution in [3.8, 4) is 5.75 Å². The third-order valence-corrected chi connectivity index (χ3v) is 3.46. The molecule has 0 aliphatic carbocycles. The van der Waals surface area contributed by atoms with Gasteiger partial charge in [0.05, 0.1) is 13.0 Å². The van der Waals surface area contributed by atoms with Gasteiger partial charge in [0.15, 0.2) is 0 Å². The standard InChI is InChI=1S/C15H23FN2O2.ClH/c1-3-15(17,4-2)11-18-14(19)9-10-20-13-7-5-12(16)6-8-13;/h5-8H,3-4,9-11,17H2,1-2H3,(H,18,19);1H. The SMILES string of the molecule is CCC(N)(CC)CNC(=O)CCOc1ccc(F)cc1.Cl. The minimum Gasteiger partial charge on any atom is -0.493 e. The number of nitrogens with one attached hydrogen (secondary N) is 1. The smallest absolute Gasteiger partial charge is 0.223 e. The van der Waals surface area contributed by atoms with Crippen LogP contribution in [0.2, 0.25) is 0 Å². The van der Waals surface area contributed by atoms with Crippen molar-refractivity contribution in [3.63, 3.8) is 0 Å². The molecule has 0 aliphatic rings. The molecule has 0 unspecified atom stereocenters. The number of carbonyl (C=O) groups is 1. The van der Waals surface area contributed by atoms with E-state index >= 15 is 0 Å². The second-order valence-electron chi connectivity index (χ2n) is 4.90. The van der Waals surface area contributed by atoms with Crippen molar-refractivity contribution in [1.29, 1.82) is 0 Å². The second kappa shape index (κ2) is 9.58. The molecule has 0 saturated carbocycles. The summed E-state index contributed by atoms with van der Waals surface area (Å²) in [5, 5.41) is 2.82. The minimum absolute atomic E-state index is 0. The van der Waals surface area contributed by atoms with Crippen LogP contribution in [0.5, 0.6) is 5.75 Å². The first-order chi connectivity index (χ1) is 9.49. The molecule has 6 heteroatoms. The van der Waals surface area contributed by atoms with Gasteiger partial charge < -0.3 is 15.8 Å². The maximum atomic E-state index is 12.7. The summed E-state index contributed by atoms with van der Waals surface area (Å²) in [6.45, 7) is 4.74. The van der Waals surface area contributed by atoms with E-state index in [1.54, 1.807) is 0 Å². The Balaban J connectivity index is 0.00000400. The van der Waals surface area contributed by atoms with Gasteiger partial charge in [-0.2, -0.15) is 0 Å². The molecule has 1 aromatic carbocycles. The van der Waals surface area contributed by atoms with E-state index in [0.29, 0.717) is 12.3 Å². The monoisotopic (exact) mass is 318 g/mol. The van der Waals surface area contributed by atoms with E-state index < -0.39 is 0 Å². The summed E-state index contributed by atoms with van der Waals surface area (Å²) in [4.78, 5) is 11.7. The molecule has 1 amide bonds. The van der Waals surface area contributed by atoms with Crippen molar-refractivity contribution in [2.45, 2.75) is 38.6 Å². The number of benzene rings is 1.